The molecule has 0 aliphatic rings. The predicted molar refractivity (Wildman–Crippen MR) is 133 cm³/mol. The fraction of sp³-hybridized carbons (Fsp3) is 1.00. The number of nitrogens with one attached hydrogen (secondary N) is 1. The van der Waals surface area contributed by atoms with Gasteiger partial charge in [-0.05, 0) is 12.8 Å². The summed E-state index contributed by atoms with van der Waals surface area (Å²) in [5.74, 6) is 0. The van der Waals surface area contributed by atoms with Crippen LogP contribution in [0, 0.1) is 0 Å². The maximum absolute atomic E-state index is 13.6. The number of unbranched alkanes of at least 4 members (excludes halogenated alkanes) is 14. The quantitative estimate of drug-likeness (QED) is 0.0931. The van der Waals surface area contributed by atoms with Crippen LogP contribution in [0.25, 0.3) is 0 Å². The van der Waals surface area contributed by atoms with Gasteiger partial charge >= 0.3 is 0 Å². The Kier molecular flexibility index (Phi) is 22.4. The van der Waals surface area contributed by atoms with Crippen molar-refractivity contribution in [2.24, 2.45) is 0 Å². The van der Waals surface area contributed by atoms with E-state index in [0.29, 0.717) is 12.8 Å². The molecule has 0 aliphatic carbocycles. The Hall–Kier alpha value is 0.110. The smallest absolute Gasteiger partial charge is 0.169 e. The topological polar surface area (TPSA) is 47.6 Å². The Balaban J connectivity index is 4.15. The molecular formula is C25H54NO3P. The molecule has 0 radical (unpaired) electrons. The van der Waals surface area contributed by atoms with Gasteiger partial charge in [0, 0.05) is 39.4 Å². The highest BCUT2D eigenvalue weighted by molar-refractivity contribution is 7.63. The first-order valence-electron chi connectivity index (χ1n) is 12.9. The van der Waals surface area contributed by atoms with Crippen LogP contribution in [0.4, 0.5) is 0 Å². The highest BCUT2D eigenvalue weighted by Crippen LogP contribution is 2.46. The maximum Gasteiger partial charge on any atom is 0.169 e. The molecule has 0 spiro atoms. The van der Waals surface area contributed by atoms with Crippen molar-refractivity contribution in [2.75, 3.05) is 39.4 Å². The first-order valence-corrected chi connectivity index (χ1v) is 15.2. The third kappa shape index (κ3) is 18.8. The molecule has 0 amide bonds. The minimum Gasteiger partial charge on any atom is -0.355 e. The van der Waals surface area contributed by atoms with Gasteiger partial charge in [-0.1, -0.05) is 104 Å². The van der Waals surface area contributed by atoms with Crippen LogP contribution < -0.4 is 5.32 Å². The van der Waals surface area contributed by atoms with Crippen molar-refractivity contribution in [1.29, 1.82) is 0 Å². The summed E-state index contributed by atoms with van der Waals surface area (Å²) in [5, 5.41) is 3.37. The van der Waals surface area contributed by atoms with Crippen LogP contribution in [0.2, 0.25) is 0 Å². The largest absolute Gasteiger partial charge is 0.355 e. The van der Waals surface area contributed by atoms with Crippen molar-refractivity contribution >= 4 is 7.14 Å². The average molecular weight is 448 g/mol. The van der Waals surface area contributed by atoms with Gasteiger partial charge in [-0.15, -0.1) is 0 Å². The standard InChI is InChI=1S/C25H54NO3P/c1-5-7-9-11-13-15-17-19-21-30(27,24-26-23-25(28-3)29-4)22-20-18-16-14-12-10-8-6-2/h25-26H,5-24H2,1-4H3. The van der Waals surface area contributed by atoms with E-state index in [1.54, 1.807) is 14.2 Å². The van der Waals surface area contributed by atoms with Gasteiger partial charge in [-0.25, -0.2) is 0 Å². The molecule has 0 aromatic carbocycles. The Labute approximate surface area is 189 Å². The van der Waals surface area contributed by atoms with Crippen LogP contribution in [0.1, 0.15) is 117 Å². The molecule has 0 aromatic heterocycles. The number of hydrogen-bond donors (Lipinski definition) is 1. The van der Waals surface area contributed by atoms with Gasteiger partial charge in [-0.3, -0.25) is 0 Å². The third-order valence-corrected chi connectivity index (χ3v) is 9.14. The lowest BCUT2D eigenvalue weighted by Gasteiger charge is -2.21. The van der Waals surface area contributed by atoms with Gasteiger partial charge in [0.2, 0.25) is 0 Å². The second kappa shape index (κ2) is 22.3. The number of rotatable bonds is 24. The minimum absolute atomic E-state index is 0.260. The molecule has 182 valence electrons. The summed E-state index contributed by atoms with van der Waals surface area (Å²) in [4.78, 5) is 0. The van der Waals surface area contributed by atoms with E-state index in [0.717, 1.165) is 25.2 Å². The summed E-state index contributed by atoms with van der Waals surface area (Å²) in [6.45, 7) is 5.13. The molecule has 0 saturated carbocycles. The second-order valence-corrected chi connectivity index (χ2v) is 12.3. The van der Waals surface area contributed by atoms with Crippen molar-refractivity contribution in [1.82, 2.24) is 5.32 Å². The van der Waals surface area contributed by atoms with Crippen LogP contribution in [-0.4, -0.2) is 45.7 Å². The Morgan fingerprint density at radius 3 is 1.37 bits per heavy atom. The van der Waals surface area contributed by atoms with E-state index < -0.39 is 7.14 Å². The van der Waals surface area contributed by atoms with E-state index in [4.69, 9.17) is 9.47 Å². The predicted octanol–water partition coefficient (Wildman–Crippen LogP) is 7.80. The minimum atomic E-state index is -2.15. The third-order valence-electron chi connectivity index (χ3n) is 6.08. The molecule has 5 heteroatoms. The zero-order chi connectivity index (χ0) is 22.3. The molecule has 0 aromatic rings. The molecule has 0 heterocycles. The second-order valence-electron chi connectivity index (χ2n) is 8.97. The van der Waals surface area contributed by atoms with E-state index in [2.05, 4.69) is 19.2 Å². The lowest BCUT2D eigenvalue weighted by Crippen LogP contribution is -2.31. The fourth-order valence-electron chi connectivity index (χ4n) is 3.99. The molecular weight excluding hydrogens is 393 g/mol. The molecule has 0 aliphatic heterocycles. The summed E-state index contributed by atoms with van der Waals surface area (Å²) in [6.07, 6.45) is 22.9. The summed E-state index contributed by atoms with van der Waals surface area (Å²) < 4.78 is 24.1. The van der Waals surface area contributed by atoms with Crippen LogP contribution in [-0.2, 0) is 14.0 Å². The number of hydrogen-bond acceptors (Lipinski definition) is 4. The Morgan fingerprint density at radius 2 is 1.00 bits per heavy atom. The van der Waals surface area contributed by atoms with E-state index >= 15 is 0 Å². The van der Waals surface area contributed by atoms with Gasteiger partial charge in [0.25, 0.3) is 0 Å². The fourth-order valence-corrected chi connectivity index (χ4v) is 6.66. The lowest BCUT2D eigenvalue weighted by atomic mass is 10.1. The summed E-state index contributed by atoms with van der Waals surface area (Å²) >= 11 is 0. The van der Waals surface area contributed by atoms with Crippen LogP contribution in [0.3, 0.4) is 0 Å². The lowest BCUT2D eigenvalue weighted by molar-refractivity contribution is -0.0981. The molecule has 30 heavy (non-hydrogen) atoms. The van der Waals surface area contributed by atoms with E-state index in [-0.39, 0.29) is 6.29 Å². The van der Waals surface area contributed by atoms with Gasteiger partial charge in [-0.2, -0.15) is 0 Å². The summed E-state index contributed by atoms with van der Waals surface area (Å²) in [5.41, 5.74) is 0. The molecule has 0 bridgehead atoms. The monoisotopic (exact) mass is 447 g/mol. The van der Waals surface area contributed by atoms with E-state index in [1.807, 2.05) is 0 Å². The number of methoxy groups -OCH3 is 2. The Morgan fingerprint density at radius 1 is 0.633 bits per heavy atom. The molecule has 0 atom stereocenters. The maximum atomic E-state index is 13.6. The first-order chi connectivity index (χ1) is 14.6. The zero-order valence-corrected chi connectivity index (χ0v) is 21.8. The van der Waals surface area contributed by atoms with Gasteiger partial charge in [0.15, 0.2) is 6.29 Å². The van der Waals surface area contributed by atoms with Crippen molar-refractivity contribution in [3.63, 3.8) is 0 Å². The number of ether oxygens (including phenoxy) is 2. The molecule has 4 nitrogen and oxygen atoms in total. The van der Waals surface area contributed by atoms with Crippen molar-refractivity contribution in [3.8, 4) is 0 Å². The van der Waals surface area contributed by atoms with Crippen molar-refractivity contribution < 1.29 is 14.0 Å². The van der Waals surface area contributed by atoms with Gasteiger partial charge in [0.05, 0.1) is 0 Å². The molecule has 0 rings (SSSR count). The van der Waals surface area contributed by atoms with Crippen LogP contribution in [0.15, 0.2) is 0 Å². The zero-order valence-electron chi connectivity index (χ0n) is 20.9. The average Bonchev–Trinajstić information content (AvgIpc) is 2.75. The normalized spacial score (nSPS) is 12.2. The highest BCUT2D eigenvalue weighted by atomic mass is 31.2. The van der Waals surface area contributed by atoms with E-state index in [9.17, 15) is 4.57 Å². The Bertz CT molecular complexity index is 365. The SMILES string of the molecule is CCCCCCCCCCP(=O)(CCCCCCCCCC)CNCC(OC)OC. The van der Waals surface area contributed by atoms with Crippen LogP contribution >= 0.6 is 7.14 Å². The molecule has 0 fully saturated rings. The summed E-state index contributed by atoms with van der Waals surface area (Å²) in [7, 11) is 1.15. The first kappa shape index (κ1) is 30.1. The molecule has 0 saturated heterocycles. The van der Waals surface area contributed by atoms with Crippen LogP contribution in [0.5, 0.6) is 0 Å². The van der Waals surface area contributed by atoms with Crippen molar-refractivity contribution in [3.05, 3.63) is 0 Å². The van der Waals surface area contributed by atoms with Gasteiger partial charge < -0.3 is 19.4 Å². The van der Waals surface area contributed by atoms with Gasteiger partial charge in [0.1, 0.15) is 7.14 Å². The molecule has 0 unspecified atom stereocenters. The van der Waals surface area contributed by atoms with Crippen molar-refractivity contribution in [2.45, 2.75) is 123 Å². The summed E-state index contributed by atoms with van der Waals surface area (Å²) in [6, 6.07) is 0. The van der Waals surface area contributed by atoms with E-state index in [1.165, 1.54) is 89.9 Å². The highest BCUT2D eigenvalue weighted by Gasteiger charge is 2.21. The molecule has 1 N–H and O–H groups in total.